The standard InChI is InChI=1S/C21H26FNO6S/c1-2-14-11-15-12-19(15)13-18(19)21(14)28-26-20(27-29-21)7-9-23(10-8-20)30(24,25)17-5-3-16(22)4-6-17/h3-6,14-15,18H,2,7-13H2,1H3. The maximum Gasteiger partial charge on any atom is 0.243 e. The van der Waals surface area contributed by atoms with Gasteiger partial charge in [0.25, 0.3) is 0 Å². The molecule has 1 aromatic rings. The molecule has 30 heavy (non-hydrogen) atoms. The van der Waals surface area contributed by atoms with Gasteiger partial charge in [-0.3, -0.25) is 0 Å². The van der Waals surface area contributed by atoms with Gasteiger partial charge >= 0.3 is 0 Å². The van der Waals surface area contributed by atoms with Gasteiger partial charge in [0.15, 0.2) is 0 Å². The zero-order chi connectivity index (χ0) is 20.8. The van der Waals surface area contributed by atoms with Gasteiger partial charge in [0.05, 0.1) is 4.90 Å². The number of nitrogens with zero attached hydrogens (tertiary/aromatic N) is 1. The second-order valence-corrected chi connectivity index (χ2v) is 11.5. The van der Waals surface area contributed by atoms with Gasteiger partial charge in [-0.2, -0.15) is 23.9 Å². The van der Waals surface area contributed by atoms with Crippen molar-refractivity contribution < 1.29 is 32.4 Å². The lowest BCUT2D eigenvalue weighted by Gasteiger charge is -2.49. The lowest BCUT2D eigenvalue weighted by Crippen LogP contribution is -2.59. The highest BCUT2D eigenvalue weighted by Gasteiger charge is 2.82. The number of piperidine rings is 1. The van der Waals surface area contributed by atoms with Crippen LogP contribution in [0.2, 0.25) is 0 Å². The van der Waals surface area contributed by atoms with Crippen LogP contribution in [-0.2, 0) is 29.6 Å². The second-order valence-electron chi connectivity index (χ2n) is 9.56. The number of hydrogen-bond acceptors (Lipinski definition) is 6. The van der Waals surface area contributed by atoms with Gasteiger partial charge < -0.3 is 0 Å². The van der Waals surface area contributed by atoms with Gasteiger partial charge in [0, 0.05) is 37.8 Å². The lowest BCUT2D eigenvalue weighted by molar-refractivity contribution is -0.672. The first-order chi connectivity index (χ1) is 14.3. The summed E-state index contributed by atoms with van der Waals surface area (Å²) in [6.07, 6.45) is 4.96. The molecule has 5 fully saturated rings. The van der Waals surface area contributed by atoms with E-state index in [4.69, 9.17) is 19.6 Å². The Morgan fingerprint density at radius 3 is 2.37 bits per heavy atom. The van der Waals surface area contributed by atoms with Crippen molar-refractivity contribution in [3.8, 4) is 0 Å². The van der Waals surface area contributed by atoms with Crippen LogP contribution in [0.15, 0.2) is 29.2 Å². The van der Waals surface area contributed by atoms with Gasteiger partial charge in [-0.05, 0) is 61.3 Å². The predicted molar refractivity (Wildman–Crippen MR) is 101 cm³/mol. The highest BCUT2D eigenvalue weighted by Crippen LogP contribution is 2.83. The van der Waals surface area contributed by atoms with Crippen molar-refractivity contribution in [1.29, 1.82) is 0 Å². The molecule has 3 saturated carbocycles. The lowest BCUT2D eigenvalue weighted by atomic mass is 9.81. The normalized spacial score (nSPS) is 38.8. The molecule has 0 radical (unpaired) electrons. The fourth-order valence-electron chi connectivity index (χ4n) is 6.05. The summed E-state index contributed by atoms with van der Waals surface area (Å²) in [5.41, 5.74) is 0.384. The van der Waals surface area contributed by atoms with Crippen molar-refractivity contribution in [1.82, 2.24) is 4.31 Å². The molecule has 2 saturated heterocycles. The third-order valence-electron chi connectivity index (χ3n) is 8.10. The first-order valence-electron chi connectivity index (χ1n) is 10.8. The number of rotatable bonds is 3. The molecule has 2 heterocycles. The molecule has 5 aliphatic rings. The Morgan fingerprint density at radius 2 is 1.73 bits per heavy atom. The second kappa shape index (κ2) is 6.24. The summed E-state index contributed by atoms with van der Waals surface area (Å²) in [4.78, 5) is 23.8. The third kappa shape index (κ3) is 2.63. The van der Waals surface area contributed by atoms with Gasteiger partial charge in [-0.1, -0.05) is 6.92 Å². The van der Waals surface area contributed by atoms with Crippen molar-refractivity contribution in [2.75, 3.05) is 13.1 Å². The van der Waals surface area contributed by atoms with Crippen LogP contribution < -0.4 is 0 Å². The fraction of sp³-hybridized carbons (Fsp3) is 0.714. The number of benzene rings is 1. The van der Waals surface area contributed by atoms with Gasteiger partial charge in [0.1, 0.15) is 5.82 Å². The molecule has 6 rings (SSSR count). The van der Waals surface area contributed by atoms with Crippen LogP contribution in [-0.4, -0.2) is 37.4 Å². The zero-order valence-corrected chi connectivity index (χ0v) is 17.7. The van der Waals surface area contributed by atoms with E-state index in [2.05, 4.69) is 6.92 Å². The molecule has 9 heteroatoms. The summed E-state index contributed by atoms with van der Waals surface area (Å²) >= 11 is 0. The zero-order valence-electron chi connectivity index (χ0n) is 16.9. The SMILES string of the molecule is CCC1CC2CC23CC3C12OOC1(CCN(S(=O)(=O)c3ccc(F)cc3)CC1)OO2. The van der Waals surface area contributed by atoms with Crippen molar-refractivity contribution in [2.45, 2.75) is 61.9 Å². The van der Waals surface area contributed by atoms with Crippen molar-refractivity contribution in [2.24, 2.45) is 23.2 Å². The van der Waals surface area contributed by atoms with Gasteiger partial charge in [0.2, 0.25) is 21.6 Å². The molecule has 164 valence electrons. The van der Waals surface area contributed by atoms with E-state index < -0.39 is 27.4 Å². The highest BCUT2D eigenvalue weighted by atomic mass is 32.2. The number of halogens is 1. The average molecular weight is 440 g/mol. The van der Waals surface area contributed by atoms with E-state index in [1.165, 1.54) is 22.9 Å². The number of hydrogen-bond donors (Lipinski definition) is 0. The van der Waals surface area contributed by atoms with E-state index in [0.717, 1.165) is 37.3 Å². The Hall–Kier alpha value is -1.10. The van der Waals surface area contributed by atoms with Gasteiger partial charge in [-0.25, -0.2) is 12.8 Å². The molecule has 4 atom stereocenters. The topological polar surface area (TPSA) is 74.3 Å². The summed E-state index contributed by atoms with van der Waals surface area (Å²) in [5, 5.41) is 0. The Kier molecular flexibility index (Phi) is 4.07. The molecular weight excluding hydrogens is 413 g/mol. The molecule has 0 aromatic heterocycles. The fourth-order valence-corrected chi connectivity index (χ4v) is 7.50. The quantitative estimate of drug-likeness (QED) is 0.673. The van der Waals surface area contributed by atoms with Crippen molar-refractivity contribution in [3.05, 3.63) is 30.1 Å². The van der Waals surface area contributed by atoms with Crippen LogP contribution in [0.1, 0.15) is 45.4 Å². The summed E-state index contributed by atoms with van der Waals surface area (Å²) in [5.74, 6) is -1.04. The van der Waals surface area contributed by atoms with Gasteiger partial charge in [-0.15, -0.1) is 0 Å². The minimum Gasteiger partial charge on any atom is -0.207 e. The molecular formula is C21H26FNO6S. The van der Waals surface area contributed by atoms with E-state index in [-0.39, 0.29) is 23.9 Å². The molecule has 3 aliphatic carbocycles. The minimum atomic E-state index is -3.70. The summed E-state index contributed by atoms with van der Waals surface area (Å²) in [6, 6.07) is 4.86. The first-order valence-corrected chi connectivity index (χ1v) is 12.3. The summed E-state index contributed by atoms with van der Waals surface area (Å²) in [6.45, 7) is 2.54. The highest BCUT2D eigenvalue weighted by molar-refractivity contribution is 7.89. The average Bonchev–Trinajstić information content (AvgIpc) is 3.65. The van der Waals surface area contributed by atoms with Crippen LogP contribution in [0.3, 0.4) is 0 Å². The molecule has 3 spiro atoms. The molecule has 4 unspecified atom stereocenters. The Labute approximate surface area is 175 Å². The Balaban J connectivity index is 1.14. The molecule has 1 aromatic carbocycles. The molecule has 0 N–H and O–H groups in total. The summed E-state index contributed by atoms with van der Waals surface area (Å²) in [7, 11) is -3.70. The van der Waals surface area contributed by atoms with E-state index in [1.807, 2.05) is 0 Å². The molecule has 0 amide bonds. The summed E-state index contributed by atoms with van der Waals surface area (Å²) < 4.78 is 40.2. The molecule has 7 nitrogen and oxygen atoms in total. The van der Waals surface area contributed by atoms with Crippen LogP contribution in [0, 0.1) is 29.0 Å². The van der Waals surface area contributed by atoms with Crippen LogP contribution in [0.25, 0.3) is 0 Å². The van der Waals surface area contributed by atoms with E-state index in [0.29, 0.717) is 24.2 Å². The van der Waals surface area contributed by atoms with E-state index in [9.17, 15) is 12.8 Å². The largest absolute Gasteiger partial charge is 0.243 e. The predicted octanol–water partition coefficient (Wildman–Crippen LogP) is 3.37. The molecule has 0 bridgehead atoms. The van der Waals surface area contributed by atoms with Crippen LogP contribution in [0.4, 0.5) is 4.39 Å². The maximum atomic E-state index is 13.1. The van der Waals surface area contributed by atoms with Crippen molar-refractivity contribution in [3.63, 3.8) is 0 Å². The Morgan fingerprint density at radius 1 is 1.07 bits per heavy atom. The number of sulfonamides is 1. The number of fused-ring (bicyclic) bond motifs is 1. The molecule has 2 aliphatic heterocycles. The van der Waals surface area contributed by atoms with Crippen LogP contribution >= 0.6 is 0 Å². The van der Waals surface area contributed by atoms with E-state index in [1.54, 1.807) is 0 Å². The van der Waals surface area contributed by atoms with E-state index >= 15 is 0 Å². The monoisotopic (exact) mass is 439 g/mol. The minimum absolute atomic E-state index is 0.0720. The third-order valence-corrected chi connectivity index (χ3v) is 10.0. The maximum absolute atomic E-state index is 13.1. The smallest absolute Gasteiger partial charge is 0.207 e. The van der Waals surface area contributed by atoms with Crippen LogP contribution in [0.5, 0.6) is 0 Å². The first kappa shape index (κ1) is 19.6. The Bertz CT molecular complexity index is 950. The van der Waals surface area contributed by atoms with Crippen molar-refractivity contribution >= 4 is 10.0 Å².